The Balaban J connectivity index is 1.90. The minimum Gasteiger partial charge on any atom is -0.454 e. The van der Waals surface area contributed by atoms with Crippen LogP contribution in [0, 0.1) is 11.3 Å². The van der Waals surface area contributed by atoms with Gasteiger partial charge in [-0.15, -0.1) is 0 Å². The fourth-order valence-corrected chi connectivity index (χ4v) is 2.08. The Hall–Kier alpha value is -1.93. The predicted molar refractivity (Wildman–Crippen MR) is 60.1 cm³/mol. The average Bonchev–Trinajstić information content (AvgIpc) is 2.85. The average molecular weight is 232 g/mol. The van der Waals surface area contributed by atoms with E-state index in [-0.39, 0.29) is 12.8 Å². The van der Waals surface area contributed by atoms with Crippen LogP contribution in [0.2, 0.25) is 0 Å². The number of hydrogen-bond donors (Lipinski definition) is 0. The van der Waals surface area contributed by atoms with E-state index < -0.39 is 0 Å². The van der Waals surface area contributed by atoms with Gasteiger partial charge in [0.2, 0.25) is 6.79 Å². The molecule has 0 bridgehead atoms. The molecule has 88 valence electrons. The maximum Gasteiger partial charge on any atom is 0.231 e. The molecule has 0 spiro atoms. The molecule has 1 saturated heterocycles. The quantitative estimate of drug-likeness (QED) is 0.726. The highest BCUT2D eigenvalue weighted by Gasteiger charge is 2.24. The first-order valence-corrected chi connectivity index (χ1v) is 5.52. The van der Waals surface area contributed by atoms with E-state index in [9.17, 15) is 0 Å². The van der Waals surface area contributed by atoms with Crippen LogP contribution in [0.25, 0.3) is 0 Å². The standard InChI is InChI=1S/C12H12N2O3/c13-6-10-7-15-4-3-14(10)9-1-2-11-12(5-9)17-8-16-11/h1-2,5,10H,3-4,7-8H2. The summed E-state index contributed by atoms with van der Waals surface area (Å²) >= 11 is 0. The Bertz CT molecular complexity index is 469. The number of morpholine rings is 1. The van der Waals surface area contributed by atoms with Crippen molar-refractivity contribution in [3.63, 3.8) is 0 Å². The highest BCUT2D eigenvalue weighted by Crippen LogP contribution is 2.36. The van der Waals surface area contributed by atoms with Crippen molar-refractivity contribution in [1.29, 1.82) is 5.26 Å². The number of benzene rings is 1. The van der Waals surface area contributed by atoms with Crippen LogP contribution in [0.4, 0.5) is 5.69 Å². The molecule has 1 unspecified atom stereocenters. The van der Waals surface area contributed by atoms with Crippen molar-refractivity contribution in [1.82, 2.24) is 0 Å². The molecule has 2 aliphatic heterocycles. The first-order valence-electron chi connectivity index (χ1n) is 5.52. The van der Waals surface area contributed by atoms with E-state index in [0.29, 0.717) is 13.2 Å². The van der Waals surface area contributed by atoms with Crippen LogP contribution in [-0.4, -0.2) is 32.6 Å². The van der Waals surface area contributed by atoms with Gasteiger partial charge >= 0.3 is 0 Å². The lowest BCUT2D eigenvalue weighted by atomic mass is 10.2. The topological polar surface area (TPSA) is 54.7 Å². The van der Waals surface area contributed by atoms with Crippen LogP contribution in [0.5, 0.6) is 11.5 Å². The molecule has 1 atom stereocenters. The van der Waals surface area contributed by atoms with Gasteiger partial charge in [0.05, 0.1) is 19.3 Å². The third kappa shape index (κ3) is 1.77. The summed E-state index contributed by atoms with van der Waals surface area (Å²) in [6.45, 7) is 2.08. The number of ether oxygens (including phenoxy) is 3. The Morgan fingerprint density at radius 1 is 1.29 bits per heavy atom. The minimum atomic E-state index is -0.232. The lowest BCUT2D eigenvalue weighted by Gasteiger charge is -2.33. The molecule has 0 aliphatic carbocycles. The van der Waals surface area contributed by atoms with Crippen molar-refractivity contribution in [2.45, 2.75) is 6.04 Å². The maximum atomic E-state index is 9.09. The number of rotatable bonds is 1. The zero-order valence-electron chi connectivity index (χ0n) is 9.26. The molecule has 17 heavy (non-hydrogen) atoms. The van der Waals surface area contributed by atoms with Gasteiger partial charge in [-0.25, -0.2) is 0 Å². The van der Waals surface area contributed by atoms with Gasteiger partial charge < -0.3 is 19.1 Å². The summed E-state index contributed by atoms with van der Waals surface area (Å²) in [6.07, 6.45) is 0. The van der Waals surface area contributed by atoms with Crippen LogP contribution >= 0.6 is 0 Å². The molecule has 5 heteroatoms. The summed E-state index contributed by atoms with van der Waals surface area (Å²) in [7, 11) is 0. The van der Waals surface area contributed by atoms with Crippen LogP contribution < -0.4 is 14.4 Å². The third-order valence-electron chi connectivity index (χ3n) is 2.97. The van der Waals surface area contributed by atoms with E-state index in [1.807, 2.05) is 23.1 Å². The molecular weight excluding hydrogens is 220 g/mol. The SMILES string of the molecule is N#CC1COCCN1c1ccc2c(c1)OCO2. The molecule has 0 radical (unpaired) electrons. The zero-order valence-corrected chi connectivity index (χ0v) is 9.26. The molecule has 0 aromatic heterocycles. The van der Waals surface area contributed by atoms with Gasteiger partial charge in [0, 0.05) is 18.3 Å². The number of hydrogen-bond acceptors (Lipinski definition) is 5. The van der Waals surface area contributed by atoms with E-state index in [0.717, 1.165) is 23.7 Å². The van der Waals surface area contributed by atoms with Crippen molar-refractivity contribution in [2.24, 2.45) is 0 Å². The van der Waals surface area contributed by atoms with Crippen LogP contribution in [-0.2, 0) is 4.74 Å². The zero-order chi connectivity index (χ0) is 11.7. The summed E-state index contributed by atoms with van der Waals surface area (Å²) in [5.41, 5.74) is 0.976. The first-order chi connectivity index (χ1) is 8.38. The van der Waals surface area contributed by atoms with Gasteiger partial charge in [0.25, 0.3) is 0 Å². The van der Waals surface area contributed by atoms with Crippen LogP contribution in [0.15, 0.2) is 18.2 Å². The molecule has 0 N–H and O–H groups in total. The predicted octanol–water partition coefficient (Wildman–Crippen LogP) is 1.14. The van der Waals surface area contributed by atoms with Gasteiger partial charge in [0.1, 0.15) is 6.04 Å². The third-order valence-corrected chi connectivity index (χ3v) is 2.97. The van der Waals surface area contributed by atoms with E-state index in [2.05, 4.69) is 6.07 Å². The first kappa shape index (κ1) is 10.2. The minimum absolute atomic E-state index is 0.232. The van der Waals surface area contributed by atoms with Crippen molar-refractivity contribution >= 4 is 5.69 Å². The second-order valence-corrected chi connectivity index (χ2v) is 3.95. The van der Waals surface area contributed by atoms with E-state index in [1.54, 1.807) is 0 Å². The second kappa shape index (κ2) is 4.15. The summed E-state index contributed by atoms with van der Waals surface area (Å²) in [5, 5.41) is 9.09. The largest absolute Gasteiger partial charge is 0.454 e. The van der Waals surface area contributed by atoms with E-state index in [1.165, 1.54) is 0 Å². The molecule has 1 aromatic rings. The van der Waals surface area contributed by atoms with Crippen molar-refractivity contribution in [2.75, 3.05) is 31.5 Å². The molecule has 1 aromatic carbocycles. The number of fused-ring (bicyclic) bond motifs is 1. The molecule has 0 amide bonds. The number of anilines is 1. The van der Waals surface area contributed by atoms with Crippen LogP contribution in [0.3, 0.4) is 0 Å². The fourth-order valence-electron chi connectivity index (χ4n) is 2.08. The second-order valence-electron chi connectivity index (χ2n) is 3.95. The molecule has 1 fully saturated rings. The summed E-state index contributed by atoms with van der Waals surface area (Å²) in [5.74, 6) is 1.50. The normalized spacial score (nSPS) is 22.3. The van der Waals surface area contributed by atoms with E-state index >= 15 is 0 Å². The maximum absolute atomic E-state index is 9.09. The molecule has 2 aliphatic rings. The van der Waals surface area contributed by atoms with E-state index in [4.69, 9.17) is 19.5 Å². The highest BCUT2D eigenvalue weighted by molar-refractivity contribution is 5.58. The number of nitrogens with zero attached hydrogens (tertiary/aromatic N) is 2. The Morgan fingerprint density at radius 2 is 2.18 bits per heavy atom. The fraction of sp³-hybridized carbons (Fsp3) is 0.417. The lowest BCUT2D eigenvalue weighted by molar-refractivity contribution is 0.107. The van der Waals surface area contributed by atoms with Gasteiger partial charge in [-0.1, -0.05) is 0 Å². The smallest absolute Gasteiger partial charge is 0.231 e. The van der Waals surface area contributed by atoms with Gasteiger partial charge in [-0.2, -0.15) is 5.26 Å². The molecule has 5 nitrogen and oxygen atoms in total. The Kier molecular flexibility index (Phi) is 2.50. The molecule has 3 rings (SSSR count). The lowest BCUT2D eigenvalue weighted by Crippen LogP contribution is -2.44. The summed E-state index contributed by atoms with van der Waals surface area (Å²) in [6, 6.07) is 7.76. The molecule has 2 heterocycles. The highest BCUT2D eigenvalue weighted by atomic mass is 16.7. The summed E-state index contributed by atoms with van der Waals surface area (Å²) < 4.78 is 15.9. The van der Waals surface area contributed by atoms with Crippen molar-refractivity contribution < 1.29 is 14.2 Å². The molecule has 0 saturated carbocycles. The van der Waals surface area contributed by atoms with Gasteiger partial charge in [-0.3, -0.25) is 0 Å². The Morgan fingerprint density at radius 3 is 3.06 bits per heavy atom. The van der Waals surface area contributed by atoms with Crippen molar-refractivity contribution in [3.8, 4) is 17.6 Å². The summed E-state index contributed by atoms with van der Waals surface area (Å²) in [4.78, 5) is 2.03. The van der Waals surface area contributed by atoms with Crippen molar-refractivity contribution in [3.05, 3.63) is 18.2 Å². The van der Waals surface area contributed by atoms with Gasteiger partial charge in [-0.05, 0) is 12.1 Å². The molecular formula is C12H12N2O3. The van der Waals surface area contributed by atoms with Crippen LogP contribution in [0.1, 0.15) is 0 Å². The van der Waals surface area contributed by atoms with Gasteiger partial charge in [0.15, 0.2) is 11.5 Å². The number of nitriles is 1. The Labute approximate surface area is 99.1 Å². The monoisotopic (exact) mass is 232 g/mol.